The predicted octanol–water partition coefficient (Wildman–Crippen LogP) is 16.6. The van der Waals surface area contributed by atoms with E-state index in [0.29, 0.717) is 5.89 Å². The van der Waals surface area contributed by atoms with Crippen molar-refractivity contribution in [3.8, 4) is 44.8 Å². The summed E-state index contributed by atoms with van der Waals surface area (Å²) in [6, 6.07) is 82.7. The van der Waals surface area contributed by atoms with Crippen molar-refractivity contribution in [2.45, 2.75) is 0 Å². The van der Waals surface area contributed by atoms with Gasteiger partial charge in [0.2, 0.25) is 5.89 Å². The Hall–Kier alpha value is -8.27. The third-order valence-electron chi connectivity index (χ3n) is 12.2. The summed E-state index contributed by atoms with van der Waals surface area (Å²) in [4.78, 5) is 7.53. The maximum atomic E-state index is 6.42. The van der Waals surface area contributed by atoms with E-state index in [4.69, 9.17) is 9.40 Å². The van der Waals surface area contributed by atoms with E-state index in [1.165, 1.54) is 32.7 Å². The number of anilines is 3. The highest BCUT2D eigenvalue weighted by Crippen LogP contribution is 2.46. The van der Waals surface area contributed by atoms with Crippen molar-refractivity contribution in [1.29, 1.82) is 0 Å². The van der Waals surface area contributed by atoms with Crippen LogP contribution in [0, 0.1) is 0 Å². The number of rotatable bonds is 7. The van der Waals surface area contributed by atoms with Gasteiger partial charge in [0.25, 0.3) is 0 Å². The molecule has 0 fully saturated rings. The van der Waals surface area contributed by atoms with Crippen LogP contribution >= 0.6 is 0 Å². The van der Waals surface area contributed by atoms with Crippen molar-refractivity contribution < 1.29 is 4.42 Å². The summed E-state index contributed by atoms with van der Waals surface area (Å²) >= 11 is 0. The monoisotopic (exact) mass is 790 g/mol. The first-order valence-electron chi connectivity index (χ1n) is 21.1. The van der Waals surface area contributed by atoms with Gasteiger partial charge in [-0.1, -0.05) is 170 Å². The number of benzene rings is 11. The minimum atomic E-state index is 0.625. The zero-order valence-electron chi connectivity index (χ0n) is 33.7. The van der Waals surface area contributed by atoms with E-state index in [1.807, 2.05) is 6.07 Å². The van der Waals surface area contributed by atoms with E-state index in [1.54, 1.807) is 0 Å². The first kappa shape index (κ1) is 35.7. The lowest BCUT2D eigenvalue weighted by atomic mass is 9.93. The average molecular weight is 791 g/mol. The Balaban J connectivity index is 1.01. The highest BCUT2D eigenvalue weighted by atomic mass is 16.3. The van der Waals surface area contributed by atoms with Crippen LogP contribution in [0.4, 0.5) is 17.1 Å². The molecule has 0 bridgehead atoms. The molecule has 290 valence electrons. The molecule has 1 aromatic heterocycles. The molecule has 0 aliphatic heterocycles. The van der Waals surface area contributed by atoms with Crippen LogP contribution in [-0.4, -0.2) is 4.98 Å². The number of para-hydroxylation sites is 1. The van der Waals surface area contributed by atoms with Gasteiger partial charge < -0.3 is 9.32 Å². The van der Waals surface area contributed by atoms with Crippen LogP contribution in [0.5, 0.6) is 0 Å². The predicted molar refractivity (Wildman–Crippen MR) is 260 cm³/mol. The van der Waals surface area contributed by atoms with Gasteiger partial charge >= 0.3 is 0 Å². The molecule has 11 aromatic carbocycles. The highest BCUT2D eigenvalue weighted by molar-refractivity contribution is 6.08. The van der Waals surface area contributed by atoms with Gasteiger partial charge in [-0.25, -0.2) is 4.98 Å². The molecule has 0 saturated carbocycles. The van der Waals surface area contributed by atoms with Crippen molar-refractivity contribution in [2.24, 2.45) is 0 Å². The second kappa shape index (κ2) is 14.8. The topological polar surface area (TPSA) is 29.3 Å². The fourth-order valence-electron chi connectivity index (χ4n) is 9.18. The number of aromatic nitrogens is 1. The molecule has 0 amide bonds. The van der Waals surface area contributed by atoms with Gasteiger partial charge in [0.1, 0.15) is 5.52 Å². The van der Waals surface area contributed by atoms with Gasteiger partial charge in [-0.05, 0) is 121 Å². The Labute approximate surface area is 359 Å². The number of nitrogens with zero attached hydrogens (tertiary/aromatic N) is 2. The van der Waals surface area contributed by atoms with Gasteiger partial charge in [0.15, 0.2) is 5.58 Å². The molecule has 1 heterocycles. The van der Waals surface area contributed by atoms with Crippen LogP contribution < -0.4 is 4.90 Å². The maximum absolute atomic E-state index is 6.42. The summed E-state index contributed by atoms with van der Waals surface area (Å²) < 4.78 is 6.42. The Morgan fingerprint density at radius 1 is 0.323 bits per heavy atom. The number of hydrogen-bond acceptors (Lipinski definition) is 3. The molecule has 3 heteroatoms. The number of oxazole rings is 1. The van der Waals surface area contributed by atoms with Crippen molar-refractivity contribution in [3.63, 3.8) is 0 Å². The van der Waals surface area contributed by atoms with Gasteiger partial charge in [0.05, 0.1) is 11.4 Å². The Kier molecular flexibility index (Phi) is 8.50. The van der Waals surface area contributed by atoms with Crippen molar-refractivity contribution >= 4 is 71.3 Å². The summed E-state index contributed by atoms with van der Waals surface area (Å²) in [6.45, 7) is 0. The first-order valence-corrected chi connectivity index (χ1v) is 21.1. The molecule has 0 saturated heterocycles. The summed E-state index contributed by atoms with van der Waals surface area (Å²) in [5, 5.41) is 9.34. The molecular formula is C59H38N2O. The smallest absolute Gasteiger partial charge is 0.227 e. The highest BCUT2D eigenvalue weighted by Gasteiger charge is 2.21. The molecule has 0 aliphatic carbocycles. The second-order valence-electron chi connectivity index (χ2n) is 15.9. The Morgan fingerprint density at radius 2 is 0.919 bits per heavy atom. The first-order chi connectivity index (χ1) is 30.7. The molecular weight excluding hydrogens is 753 g/mol. The van der Waals surface area contributed by atoms with Gasteiger partial charge in [-0.2, -0.15) is 0 Å². The maximum Gasteiger partial charge on any atom is 0.227 e. The van der Waals surface area contributed by atoms with E-state index in [2.05, 4.69) is 229 Å². The van der Waals surface area contributed by atoms with Crippen molar-refractivity contribution in [3.05, 3.63) is 231 Å². The lowest BCUT2D eigenvalue weighted by Crippen LogP contribution is -2.12. The van der Waals surface area contributed by atoms with Gasteiger partial charge in [-0.15, -0.1) is 0 Å². The van der Waals surface area contributed by atoms with E-state index in [0.717, 1.165) is 77.5 Å². The summed E-state index contributed by atoms with van der Waals surface area (Å²) in [6.07, 6.45) is 0. The van der Waals surface area contributed by atoms with Crippen LogP contribution in [0.15, 0.2) is 235 Å². The zero-order chi connectivity index (χ0) is 41.0. The van der Waals surface area contributed by atoms with E-state index < -0.39 is 0 Å². The molecule has 0 radical (unpaired) electrons. The quantitative estimate of drug-likeness (QED) is 0.161. The van der Waals surface area contributed by atoms with Crippen LogP contribution in [0.2, 0.25) is 0 Å². The Morgan fingerprint density at radius 3 is 1.74 bits per heavy atom. The molecule has 12 rings (SSSR count). The van der Waals surface area contributed by atoms with Crippen LogP contribution in [0.25, 0.3) is 99.0 Å². The molecule has 12 aromatic rings. The lowest BCUT2D eigenvalue weighted by molar-refractivity contribution is 0.620. The third-order valence-corrected chi connectivity index (χ3v) is 12.2. The molecule has 0 unspecified atom stereocenters. The van der Waals surface area contributed by atoms with E-state index in [-0.39, 0.29) is 0 Å². The average Bonchev–Trinajstić information content (AvgIpc) is 3.80. The normalized spacial score (nSPS) is 11.5. The van der Waals surface area contributed by atoms with Crippen LogP contribution in [0.1, 0.15) is 0 Å². The minimum Gasteiger partial charge on any atom is -0.436 e. The van der Waals surface area contributed by atoms with Gasteiger partial charge in [0, 0.05) is 27.6 Å². The second-order valence-corrected chi connectivity index (χ2v) is 15.9. The number of fused-ring (bicyclic) bond motifs is 6. The summed E-state index contributed by atoms with van der Waals surface area (Å²) in [5.41, 5.74) is 12.9. The minimum absolute atomic E-state index is 0.625. The molecule has 62 heavy (non-hydrogen) atoms. The van der Waals surface area contributed by atoms with Crippen LogP contribution in [0.3, 0.4) is 0 Å². The number of hydrogen-bond donors (Lipinski definition) is 0. The molecule has 0 aliphatic rings. The fraction of sp³-hybridized carbons (Fsp3) is 0. The molecule has 0 spiro atoms. The Bertz CT molecular complexity index is 3640. The van der Waals surface area contributed by atoms with Crippen molar-refractivity contribution in [2.75, 3.05) is 4.90 Å². The molecule has 3 nitrogen and oxygen atoms in total. The standard InChI is InChI=1S/C59H38N2O/c1-3-14-41(15-4-1)53-38-47(51-23-11-18-40-16-9-10-22-50(40)51)31-33-56(53)61(49-20-5-2-6-21-49)55-24-12-19-42-26-28-45(36-52(42)55)46-29-27-43-32-34-57-58(54(43)37-46)60-59(62-57)48-30-25-39-13-7-8-17-44(39)35-48/h1-38H. The van der Waals surface area contributed by atoms with E-state index >= 15 is 0 Å². The largest absolute Gasteiger partial charge is 0.436 e. The lowest BCUT2D eigenvalue weighted by Gasteiger charge is -2.29. The van der Waals surface area contributed by atoms with Crippen molar-refractivity contribution in [1.82, 2.24) is 4.98 Å². The third kappa shape index (κ3) is 6.18. The zero-order valence-corrected chi connectivity index (χ0v) is 33.7. The van der Waals surface area contributed by atoms with E-state index in [9.17, 15) is 0 Å². The summed E-state index contributed by atoms with van der Waals surface area (Å²) in [7, 11) is 0. The summed E-state index contributed by atoms with van der Waals surface area (Å²) in [5.74, 6) is 0.625. The van der Waals surface area contributed by atoms with Gasteiger partial charge in [-0.3, -0.25) is 0 Å². The fourth-order valence-corrected chi connectivity index (χ4v) is 9.18. The molecule has 0 atom stereocenters. The SMILES string of the molecule is c1ccc(-c2cc(-c3cccc4ccccc34)ccc2N(c2ccccc2)c2cccc3ccc(-c4ccc5ccc6oc(-c7ccc8ccccc8c7)nc6c5c4)cc23)cc1. The molecule has 0 N–H and O–H groups in total. The van der Waals surface area contributed by atoms with Crippen LogP contribution in [-0.2, 0) is 0 Å².